The quantitative estimate of drug-likeness (QED) is 0.609. The number of carbonyl (C=O) groups is 1. The van der Waals surface area contributed by atoms with Gasteiger partial charge in [-0.1, -0.05) is 6.07 Å². The molecule has 0 aliphatic carbocycles. The second-order valence-corrected chi connectivity index (χ2v) is 3.46. The van der Waals surface area contributed by atoms with Gasteiger partial charge in [0.15, 0.2) is 5.69 Å². The lowest BCUT2D eigenvalue weighted by atomic mass is 10.3. The van der Waals surface area contributed by atoms with E-state index < -0.39 is 5.97 Å². The molecule has 0 unspecified atom stereocenters. The molecule has 84 valence electrons. The summed E-state index contributed by atoms with van der Waals surface area (Å²) < 4.78 is 6.67. The lowest BCUT2D eigenvalue weighted by Crippen LogP contribution is -2.10. The molecule has 0 N–H and O–H groups in total. The van der Waals surface area contributed by atoms with Crippen LogP contribution in [-0.4, -0.2) is 22.0 Å². The van der Waals surface area contributed by atoms with E-state index in [0.29, 0.717) is 23.6 Å². The summed E-state index contributed by atoms with van der Waals surface area (Å²) in [6.45, 7) is 2.10. The van der Waals surface area contributed by atoms with Gasteiger partial charge in [0.1, 0.15) is 5.65 Å². The average Bonchev–Trinajstić information content (AvgIpc) is 2.67. The molecule has 0 aliphatic rings. The Hall–Kier alpha value is -1.55. The number of rotatable bonds is 3. The van der Waals surface area contributed by atoms with Gasteiger partial charge in [0, 0.05) is 6.20 Å². The van der Waals surface area contributed by atoms with Crippen molar-refractivity contribution < 1.29 is 9.53 Å². The van der Waals surface area contributed by atoms with Gasteiger partial charge in [-0.15, -0.1) is 11.6 Å². The highest BCUT2D eigenvalue weighted by Gasteiger charge is 2.19. The molecule has 0 bridgehead atoms. The molecule has 0 spiro atoms. The zero-order chi connectivity index (χ0) is 11.5. The molecule has 2 aromatic rings. The van der Waals surface area contributed by atoms with Crippen LogP contribution in [0.2, 0.25) is 0 Å². The fraction of sp³-hybridized carbons (Fsp3) is 0.273. The first-order chi connectivity index (χ1) is 7.77. The number of imidazole rings is 1. The van der Waals surface area contributed by atoms with Crippen molar-refractivity contribution in [2.75, 3.05) is 6.61 Å². The summed E-state index contributed by atoms with van der Waals surface area (Å²) in [5.74, 6) is -0.202. The molecule has 16 heavy (non-hydrogen) atoms. The van der Waals surface area contributed by atoms with Crippen molar-refractivity contribution in [2.45, 2.75) is 12.8 Å². The molecule has 4 nitrogen and oxygen atoms in total. The Morgan fingerprint density at radius 1 is 1.56 bits per heavy atom. The Balaban J connectivity index is 2.60. The first kappa shape index (κ1) is 11.0. The molecule has 2 heterocycles. The molecule has 0 aliphatic heterocycles. The third-order valence-corrected chi connectivity index (χ3v) is 2.45. The number of halogens is 1. The number of nitrogens with zero attached hydrogens (tertiary/aromatic N) is 2. The maximum atomic E-state index is 11.8. The van der Waals surface area contributed by atoms with E-state index in [-0.39, 0.29) is 5.88 Å². The van der Waals surface area contributed by atoms with E-state index in [9.17, 15) is 4.79 Å². The highest BCUT2D eigenvalue weighted by Crippen LogP contribution is 2.15. The Bertz CT molecular complexity index is 522. The first-order valence-corrected chi connectivity index (χ1v) is 5.50. The molecule has 2 rings (SSSR count). The van der Waals surface area contributed by atoms with Crippen LogP contribution < -0.4 is 0 Å². The summed E-state index contributed by atoms with van der Waals surface area (Å²) in [7, 11) is 0. The van der Waals surface area contributed by atoms with Crippen molar-refractivity contribution in [3.8, 4) is 0 Å². The summed E-state index contributed by atoms with van der Waals surface area (Å²) in [5, 5.41) is 0. The second-order valence-electron chi connectivity index (χ2n) is 3.19. The zero-order valence-electron chi connectivity index (χ0n) is 8.81. The Morgan fingerprint density at radius 2 is 2.38 bits per heavy atom. The van der Waals surface area contributed by atoms with Crippen molar-refractivity contribution in [3.63, 3.8) is 0 Å². The number of ether oxygens (including phenoxy) is 1. The summed E-state index contributed by atoms with van der Waals surface area (Å²) in [5.41, 5.74) is 1.65. The Morgan fingerprint density at radius 3 is 3.06 bits per heavy atom. The predicted octanol–water partition coefficient (Wildman–Crippen LogP) is 2.25. The summed E-state index contributed by atoms with van der Waals surface area (Å²) in [4.78, 5) is 16.0. The molecule has 0 fully saturated rings. The van der Waals surface area contributed by atoms with Crippen LogP contribution in [-0.2, 0) is 10.6 Å². The van der Waals surface area contributed by atoms with Gasteiger partial charge in [-0.3, -0.25) is 4.40 Å². The fourth-order valence-corrected chi connectivity index (χ4v) is 1.74. The van der Waals surface area contributed by atoms with E-state index in [2.05, 4.69) is 4.98 Å². The largest absolute Gasteiger partial charge is 0.461 e. The highest BCUT2D eigenvalue weighted by molar-refractivity contribution is 6.17. The minimum Gasteiger partial charge on any atom is -0.461 e. The summed E-state index contributed by atoms with van der Waals surface area (Å²) in [6.07, 6.45) is 1.77. The van der Waals surface area contributed by atoms with Gasteiger partial charge < -0.3 is 4.74 Å². The van der Waals surface area contributed by atoms with E-state index in [0.717, 1.165) is 0 Å². The monoisotopic (exact) mass is 238 g/mol. The SMILES string of the molecule is CCOC(=O)c1c(CCl)nc2ccccn12. The predicted molar refractivity (Wildman–Crippen MR) is 60.7 cm³/mol. The molecule has 0 radical (unpaired) electrons. The average molecular weight is 239 g/mol. The van der Waals surface area contributed by atoms with Crippen molar-refractivity contribution in [3.05, 3.63) is 35.8 Å². The molecule has 0 atom stereocenters. The van der Waals surface area contributed by atoms with Crippen molar-refractivity contribution in [2.24, 2.45) is 0 Å². The number of alkyl halides is 1. The minimum atomic E-state index is -0.392. The standard InChI is InChI=1S/C11H11ClN2O2/c1-2-16-11(15)10-8(7-12)13-9-5-3-4-6-14(9)10/h3-6H,2,7H2,1H3. The normalized spacial score (nSPS) is 10.6. The van der Waals surface area contributed by atoms with Gasteiger partial charge >= 0.3 is 5.97 Å². The van der Waals surface area contributed by atoms with Crippen LogP contribution in [0.4, 0.5) is 0 Å². The maximum absolute atomic E-state index is 11.8. The lowest BCUT2D eigenvalue weighted by Gasteiger charge is -2.02. The number of esters is 1. The number of aromatic nitrogens is 2. The van der Waals surface area contributed by atoms with E-state index in [1.807, 2.05) is 18.2 Å². The molecular formula is C11H11ClN2O2. The molecule has 0 amide bonds. The molecule has 2 aromatic heterocycles. The van der Waals surface area contributed by atoms with Crippen LogP contribution in [0.15, 0.2) is 24.4 Å². The van der Waals surface area contributed by atoms with E-state index in [1.165, 1.54) is 0 Å². The lowest BCUT2D eigenvalue weighted by molar-refractivity contribution is 0.0517. The Kier molecular flexibility index (Phi) is 3.10. The molecule has 5 heteroatoms. The van der Waals surface area contributed by atoms with Crippen LogP contribution >= 0.6 is 11.6 Å². The summed E-state index contributed by atoms with van der Waals surface area (Å²) in [6, 6.07) is 5.50. The van der Waals surface area contributed by atoms with E-state index in [4.69, 9.17) is 16.3 Å². The number of carbonyl (C=O) groups excluding carboxylic acids is 1. The van der Waals surface area contributed by atoms with Gasteiger partial charge in [-0.05, 0) is 19.1 Å². The summed E-state index contributed by atoms with van der Waals surface area (Å²) >= 11 is 5.76. The highest BCUT2D eigenvalue weighted by atomic mass is 35.5. The van der Waals surface area contributed by atoms with Crippen LogP contribution in [0.1, 0.15) is 23.1 Å². The first-order valence-electron chi connectivity index (χ1n) is 4.97. The van der Waals surface area contributed by atoms with Crippen LogP contribution in [0.25, 0.3) is 5.65 Å². The smallest absolute Gasteiger partial charge is 0.357 e. The van der Waals surface area contributed by atoms with Crippen molar-refractivity contribution >= 4 is 23.2 Å². The van der Waals surface area contributed by atoms with Gasteiger partial charge in [0.05, 0.1) is 18.2 Å². The number of hydrogen-bond acceptors (Lipinski definition) is 3. The third kappa shape index (κ3) is 1.76. The number of fused-ring (bicyclic) bond motifs is 1. The van der Waals surface area contributed by atoms with Crippen LogP contribution in [0.5, 0.6) is 0 Å². The molecule has 0 saturated heterocycles. The number of hydrogen-bond donors (Lipinski definition) is 0. The molecule has 0 aromatic carbocycles. The van der Waals surface area contributed by atoms with Gasteiger partial charge in [-0.2, -0.15) is 0 Å². The van der Waals surface area contributed by atoms with Crippen LogP contribution in [0.3, 0.4) is 0 Å². The number of pyridine rings is 1. The molecular weight excluding hydrogens is 228 g/mol. The van der Waals surface area contributed by atoms with Gasteiger partial charge in [0.2, 0.25) is 0 Å². The minimum absolute atomic E-state index is 0.190. The maximum Gasteiger partial charge on any atom is 0.357 e. The van der Waals surface area contributed by atoms with Crippen molar-refractivity contribution in [1.29, 1.82) is 0 Å². The van der Waals surface area contributed by atoms with Gasteiger partial charge in [0.25, 0.3) is 0 Å². The third-order valence-electron chi connectivity index (χ3n) is 2.20. The Labute approximate surface area is 97.8 Å². The topological polar surface area (TPSA) is 43.6 Å². The zero-order valence-corrected chi connectivity index (χ0v) is 9.57. The molecule has 0 saturated carbocycles. The second kappa shape index (κ2) is 4.53. The van der Waals surface area contributed by atoms with Gasteiger partial charge in [-0.25, -0.2) is 9.78 Å². The van der Waals surface area contributed by atoms with Crippen LogP contribution in [0, 0.1) is 0 Å². The fourth-order valence-electron chi connectivity index (χ4n) is 1.55. The van der Waals surface area contributed by atoms with E-state index in [1.54, 1.807) is 17.5 Å². The van der Waals surface area contributed by atoms with E-state index >= 15 is 0 Å². The van der Waals surface area contributed by atoms with Crippen molar-refractivity contribution in [1.82, 2.24) is 9.38 Å².